The summed E-state index contributed by atoms with van der Waals surface area (Å²) in [5, 5.41) is 4.33. The Kier molecular flexibility index (Phi) is 9.61. The molecular formula is C29H43N5O3. The summed E-state index contributed by atoms with van der Waals surface area (Å²) in [6.07, 6.45) is 7.35. The van der Waals surface area contributed by atoms with Crippen molar-refractivity contribution in [2.24, 2.45) is 5.92 Å². The zero-order valence-corrected chi connectivity index (χ0v) is 22.8. The Hall–Kier alpha value is -2.87. The quantitative estimate of drug-likeness (QED) is 0.430. The van der Waals surface area contributed by atoms with Gasteiger partial charge in [-0.25, -0.2) is 4.68 Å². The first kappa shape index (κ1) is 27.2. The van der Waals surface area contributed by atoms with E-state index in [1.807, 2.05) is 11.8 Å². The summed E-state index contributed by atoms with van der Waals surface area (Å²) in [5.41, 5.74) is 4.75. The average Bonchev–Trinajstić information content (AvgIpc) is 2.93. The lowest BCUT2D eigenvalue weighted by molar-refractivity contribution is -0.137. The minimum Gasteiger partial charge on any atom is -0.385 e. The number of methoxy groups -OCH3 is 1. The largest absolute Gasteiger partial charge is 0.385 e. The number of amides is 1. The van der Waals surface area contributed by atoms with Crippen LogP contribution in [-0.2, 0) is 29.0 Å². The van der Waals surface area contributed by atoms with Gasteiger partial charge in [-0.1, -0.05) is 19.1 Å². The molecule has 1 amide bonds. The molecule has 0 unspecified atom stereocenters. The van der Waals surface area contributed by atoms with Crippen molar-refractivity contribution in [3.63, 3.8) is 0 Å². The van der Waals surface area contributed by atoms with E-state index in [-0.39, 0.29) is 17.4 Å². The number of benzene rings is 1. The Labute approximate surface area is 221 Å². The fourth-order valence-corrected chi connectivity index (χ4v) is 5.66. The fourth-order valence-electron chi connectivity index (χ4n) is 5.66. The molecule has 0 radical (unpaired) electrons. The van der Waals surface area contributed by atoms with Gasteiger partial charge in [-0.15, -0.1) is 0 Å². The maximum Gasteiger partial charge on any atom is 0.268 e. The SMILES string of the molecule is CCCn1ncc(N2CCC(C(=O)N(CCCOC)Cc3ccc4c(c3)CCCN4CC)CC2)cc1=O. The third kappa shape index (κ3) is 6.72. The van der Waals surface area contributed by atoms with Gasteiger partial charge in [0.2, 0.25) is 5.91 Å². The van der Waals surface area contributed by atoms with Crippen LogP contribution in [0.3, 0.4) is 0 Å². The van der Waals surface area contributed by atoms with Crippen molar-refractivity contribution >= 4 is 17.3 Å². The number of anilines is 2. The highest BCUT2D eigenvalue weighted by atomic mass is 16.5. The number of nitrogens with zero attached hydrogens (tertiary/aromatic N) is 5. The summed E-state index contributed by atoms with van der Waals surface area (Å²) in [7, 11) is 1.71. The van der Waals surface area contributed by atoms with Gasteiger partial charge in [-0.2, -0.15) is 5.10 Å². The van der Waals surface area contributed by atoms with Gasteiger partial charge in [0.1, 0.15) is 0 Å². The van der Waals surface area contributed by atoms with E-state index in [1.165, 1.54) is 27.9 Å². The van der Waals surface area contributed by atoms with Crippen molar-refractivity contribution in [3.05, 3.63) is 51.9 Å². The Balaban J connectivity index is 1.41. The number of aromatic nitrogens is 2. The van der Waals surface area contributed by atoms with E-state index >= 15 is 0 Å². The van der Waals surface area contributed by atoms with Crippen molar-refractivity contribution in [1.29, 1.82) is 0 Å². The second-order valence-corrected chi connectivity index (χ2v) is 10.3. The van der Waals surface area contributed by atoms with Crippen LogP contribution in [0.4, 0.5) is 11.4 Å². The third-order valence-electron chi connectivity index (χ3n) is 7.70. The third-order valence-corrected chi connectivity index (χ3v) is 7.70. The second kappa shape index (κ2) is 13.1. The second-order valence-electron chi connectivity index (χ2n) is 10.3. The monoisotopic (exact) mass is 509 g/mol. The highest BCUT2D eigenvalue weighted by molar-refractivity contribution is 5.79. The average molecular weight is 510 g/mol. The Morgan fingerprint density at radius 2 is 1.97 bits per heavy atom. The maximum atomic E-state index is 13.7. The molecule has 2 aromatic rings. The lowest BCUT2D eigenvalue weighted by Gasteiger charge is -2.35. The molecule has 1 aromatic carbocycles. The van der Waals surface area contributed by atoms with Gasteiger partial charge in [0.05, 0.1) is 11.9 Å². The van der Waals surface area contributed by atoms with Crippen LogP contribution in [-0.4, -0.2) is 67.0 Å². The van der Waals surface area contributed by atoms with Gasteiger partial charge >= 0.3 is 0 Å². The van der Waals surface area contributed by atoms with E-state index in [4.69, 9.17) is 4.74 Å². The Morgan fingerprint density at radius 1 is 1.16 bits per heavy atom. The minimum atomic E-state index is -0.0611. The number of hydrogen-bond acceptors (Lipinski definition) is 6. The number of fused-ring (bicyclic) bond motifs is 1. The van der Waals surface area contributed by atoms with Crippen molar-refractivity contribution in [1.82, 2.24) is 14.7 Å². The van der Waals surface area contributed by atoms with Crippen LogP contribution in [0.15, 0.2) is 35.3 Å². The lowest BCUT2D eigenvalue weighted by Crippen LogP contribution is -2.43. The molecule has 0 N–H and O–H groups in total. The van der Waals surface area contributed by atoms with E-state index in [2.05, 4.69) is 40.0 Å². The molecule has 0 saturated carbocycles. The predicted octanol–water partition coefficient (Wildman–Crippen LogP) is 3.71. The first-order valence-electron chi connectivity index (χ1n) is 14.0. The van der Waals surface area contributed by atoms with Crippen LogP contribution in [0.5, 0.6) is 0 Å². The van der Waals surface area contributed by atoms with Gasteiger partial charge < -0.3 is 19.4 Å². The number of piperidine rings is 1. The molecule has 1 saturated heterocycles. The zero-order valence-electron chi connectivity index (χ0n) is 22.8. The van der Waals surface area contributed by atoms with E-state index in [0.29, 0.717) is 26.2 Å². The van der Waals surface area contributed by atoms with Crippen molar-refractivity contribution < 1.29 is 9.53 Å². The highest BCUT2D eigenvalue weighted by Crippen LogP contribution is 2.29. The van der Waals surface area contributed by atoms with Gasteiger partial charge in [0, 0.05) is 77.2 Å². The summed E-state index contributed by atoms with van der Waals surface area (Å²) >= 11 is 0. The van der Waals surface area contributed by atoms with Crippen LogP contribution < -0.4 is 15.4 Å². The van der Waals surface area contributed by atoms with E-state index in [9.17, 15) is 9.59 Å². The maximum absolute atomic E-state index is 13.7. The lowest BCUT2D eigenvalue weighted by atomic mass is 9.94. The van der Waals surface area contributed by atoms with Crippen LogP contribution >= 0.6 is 0 Å². The molecule has 8 heteroatoms. The molecule has 0 spiro atoms. The summed E-state index contributed by atoms with van der Waals surface area (Å²) in [6.45, 7) is 10.5. The van der Waals surface area contributed by atoms with Crippen LogP contribution in [0.2, 0.25) is 0 Å². The van der Waals surface area contributed by atoms with Crippen LogP contribution in [0.25, 0.3) is 0 Å². The number of carbonyl (C=O) groups excluding carboxylic acids is 1. The number of rotatable bonds is 11. The van der Waals surface area contributed by atoms with Crippen LogP contribution in [0.1, 0.15) is 57.1 Å². The molecule has 202 valence electrons. The number of hydrogen-bond donors (Lipinski definition) is 0. The topological polar surface area (TPSA) is 70.9 Å². The first-order chi connectivity index (χ1) is 18.0. The smallest absolute Gasteiger partial charge is 0.268 e. The number of aryl methyl sites for hydroxylation is 2. The Bertz CT molecular complexity index is 1090. The molecular weight excluding hydrogens is 466 g/mol. The fraction of sp³-hybridized carbons (Fsp3) is 0.621. The molecule has 0 bridgehead atoms. The van der Waals surface area contributed by atoms with Gasteiger partial charge in [0.15, 0.2) is 0 Å². The van der Waals surface area contributed by atoms with Crippen molar-refractivity contribution in [3.8, 4) is 0 Å². The van der Waals surface area contributed by atoms with E-state index in [1.54, 1.807) is 19.4 Å². The van der Waals surface area contributed by atoms with Gasteiger partial charge in [-0.3, -0.25) is 9.59 Å². The molecule has 3 heterocycles. The summed E-state index contributed by atoms with van der Waals surface area (Å²) < 4.78 is 6.79. The zero-order chi connectivity index (χ0) is 26.2. The molecule has 37 heavy (non-hydrogen) atoms. The number of ether oxygens (including phenoxy) is 1. The number of carbonyl (C=O) groups is 1. The van der Waals surface area contributed by atoms with E-state index in [0.717, 1.165) is 64.0 Å². The van der Waals surface area contributed by atoms with Crippen molar-refractivity contribution in [2.75, 3.05) is 56.2 Å². The van der Waals surface area contributed by atoms with Gasteiger partial charge in [0.25, 0.3) is 5.56 Å². The summed E-state index contributed by atoms with van der Waals surface area (Å²) in [5.74, 6) is 0.237. The van der Waals surface area contributed by atoms with Crippen molar-refractivity contribution in [2.45, 2.75) is 65.5 Å². The van der Waals surface area contributed by atoms with Gasteiger partial charge in [-0.05, 0) is 62.6 Å². The standard InChI is InChI=1S/C29H43N5O3/c1-4-13-34-28(35)20-26(21-30-34)32-16-11-24(12-17-32)29(36)33(15-7-18-37-3)22-23-9-10-27-25(19-23)8-6-14-31(27)5-2/h9-10,19-21,24H,4-8,11-18,22H2,1-3H3. The molecule has 8 nitrogen and oxygen atoms in total. The molecule has 0 aliphatic carbocycles. The van der Waals surface area contributed by atoms with Crippen LogP contribution in [0, 0.1) is 5.92 Å². The highest BCUT2D eigenvalue weighted by Gasteiger charge is 2.29. The molecule has 2 aliphatic rings. The predicted molar refractivity (Wildman–Crippen MR) is 148 cm³/mol. The molecule has 1 aromatic heterocycles. The normalized spacial score (nSPS) is 16.1. The first-order valence-corrected chi connectivity index (χ1v) is 14.0. The summed E-state index contributed by atoms with van der Waals surface area (Å²) in [4.78, 5) is 32.7. The molecule has 2 aliphatic heterocycles. The minimum absolute atomic E-state index is 0.000394. The Morgan fingerprint density at radius 3 is 2.68 bits per heavy atom. The summed E-state index contributed by atoms with van der Waals surface area (Å²) in [6, 6.07) is 8.42. The molecule has 4 rings (SSSR count). The van der Waals surface area contributed by atoms with E-state index < -0.39 is 0 Å². The molecule has 0 atom stereocenters. The molecule has 1 fully saturated rings.